The second-order valence-corrected chi connectivity index (χ2v) is 8.44. The molecule has 0 radical (unpaired) electrons. The number of nitrogens with one attached hydrogen (secondary N) is 1. The molecule has 1 aliphatic rings. The molecule has 2 heterocycles. The van der Waals surface area contributed by atoms with Gasteiger partial charge in [-0.15, -0.1) is 0 Å². The molecule has 0 atom stereocenters. The van der Waals surface area contributed by atoms with Gasteiger partial charge in [-0.3, -0.25) is 4.90 Å². The summed E-state index contributed by atoms with van der Waals surface area (Å²) in [5.74, 6) is -0.381. The van der Waals surface area contributed by atoms with E-state index in [1.807, 2.05) is 30.3 Å². The van der Waals surface area contributed by atoms with E-state index in [0.717, 1.165) is 28.8 Å². The number of pyridine rings is 1. The van der Waals surface area contributed by atoms with Crippen molar-refractivity contribution in [3.63, 3.8) is 0 Å². The number of hydrogen-bond donors (Lipinski definition) is 1. The van der Waals surface area contributed by atoms with E-state index < -0.39 is 0 Å². The minimum atomic E-state index is -0.381. The molecule has 0 spiro atoms. The van der Waals surface area contributed by atoms with Crippen LogP contribution >= 0.6 is 11.6 Å². The van der Waals surface area contributed by atoms with Gasteiger partial charge >= 0.3 is 0 Å². The Bertz CT molecular complexity index is 1230. The van der Waals surface area contributed by atoms with Crippen LogP contribution in [0.1, 0.15) is 18.4 Å². The number of halogens is 2. The molecule has 1 aromatic heterocycles. The molecule has 31 heavy (non-hydrogen) atoms. The first-order chi connectivity index (χ1) is 15.2. The molecule has 1 N–H and O–H groups in total. The molecule has 0 saturated carbocycles. The fourth-order valence-corrected chi connectivity index (χ4v) is 4.37. The van der Waals surface area contributed by atoms with E-state index in [0.29, 0.717) is 16.3 Å². The molecular weight excluding hydrogens is 409 g/mol. The monoisotopic (exact) mass is 431 g/mol. The van der Waals surface area contributed by atoms with Crippen LogP contribution in [-0.4, -0.2) is 23.0 Å². The van der Waals surface area contributed by atoms with Gasteiger partial charge in [0.05, 0.1) is 16.9 Å². The maximum absolute atomic E-state index is 14.6. The summed E-state index contributed by atoms with van der Waals surface area (Å²) in [5.41, 5.74) is 5.01. The molecule has 0 bridgehead atoms. The van der Waals surface area contributed by atoms with Gasteiger partial charge in [-0.05, 0) is 74.0 Å². The summed E-state index contributed by atoms with van der Waals surface area (Å²) in [6, 6.07) is 23.0. The first-order valence-corrected chi connectivity index (χ1v) is 11.0. The number of aromatic nitrogens is 1. The van der Waals surface area contributed by atoms with E-state index in [2.05, 4.69) is 34.5 Å². The predicted octanol–water partition coefficient (Wildman–Crippen LogP) is 7.03. The number of hydrogen-bond acceptors (Lipinski definition) is 3. The van der Waals surface area contributed by atoms with Crippen LogP contribution in [0.15, 0.2) is 72.8 Å². The van der Waals surface area contributed by atoms with Crippen LogP contribution < -0.4 is 5.32 Å². The van der Waals surface area contributed by atoms with Crippen molar-refractivity contribution in [2.24, 2.45) is 0 Å². The second-order valence-electron chi connectivity index (χ2n) is 8.01. The van der Waals surface area contributed by atoms with Crippen molar-refractivity contribution in [2.75, 3.05) is 18.4 Å². The number of para-hydroxylation sites is 1. The van der Waals surface area contributed by atoms with Crippen molar-refractivity contribution in [1.82, 2.24) is 9.88 Å². The normalized spacial score (nSPS) is 14.3. The Morgan fingerprint density at radius 2 is 1.77 bits per heavy atom. The highest BCUT2D eigenvalue weighted by Gasteiger charge is 2.14. The summed E-state index contributed by atoms with van der Waals surface area (Å²) in [6.45, 7) is 3.30. The molecule has 0 aliphatic carbocycles. The number of benzene rings is 3. The lowest BCUT2D eigenvalue weighted by Gasteiger charge is -2.16. The summed E-state index contributed by atoms with van der Waals surface area (Å²) in [5, 5.41) is 4.91. The number of fused-ring (bicyclic) bond motifs is 1. The molecule has 1 fully saturated rings. The highest BCUT2D eigenvalue weighted by atomic mass is 35.5. The molecule has 1 saturated heterocycles. The summed E-state index contributed by atoms with van der Waals surface area (Å²) < 4.78 is 14.6. The molecule has 5 rings (SSSR count). The Labute approximate surface area is 186 Å². The molecule has 156 valence electrons. The maximum atomic E-state index is 14.6. The second kappa shape index (κ2) is 8.66. The lowest BCUT2D eigenvalue weighted by Crippen LogP contribution is -2.18. The zero-order valence-corrected chi connectivity index (χ0v) is 17.9. The van der Waals surface area contributed by atoms with Gasteiger partial charge in [-0.25, -0.2) is 9.37 Å². The molecule has 1 aliphatic heterocycles. The molecule has 0 amide bonds. The van der Waals surface area contributed by atoms with Crippen LogP contribution in [0.25, 0.3) is 22.2 Å². The number of likely N-dealkylation sites (tertiary alicyclic amines) is 1. The van der Waals surface area contributed by atoms with E-state index in [1.165, 1.54) is 37.6 Å². The quantitative estimate of drug-likeness (QED) is 0.367. The van der Waals surface area contributed by atoms with Gasteiger partial charge < -0.3 is 5.32 Å². The van der Waals surface area contributed by atoms with E-state index in [4.69, 9.17) is 16.6 Å². The summed E-state index contributed by atoms with van der Waals surface area (Å²) in [6.07, 6.45) is 2.57. The molecule has 4 aromatic rings. The lowest BCUT2D eigenvalue weighted by molar-refractivity contribution is 0.331. The highest BCUT2D eigenvalue weighted by Crippen LogP contribution is 2.32. The van der Waals surface area contributed by atoms with E-state index >= 15 is 0 Å². The zero-order chi connectivity index (χ0) is 21.2. The molecule has 3 nitrogen and oxygen atoms in total. The fraction of sp³-hybridized carbons (Fsp3) is 0.192. The van der Waals surface area contributed by atoms with Crippen LogP contribution in [0.3, 0.4) is 0 Å². The summed E-state index contributed by atoms with van der Waals surface area (Å²) in [7, 11) is 0. The minimum absolute atomic E-state index is 0.371. The zero-order valence-electron chi connectivity index (χ0n) is 17.1. The van der Waals surface area contributed by atoms with Gasteiger partial charge in [0, 0.05) is 28.2 Å². The Kier molecular flexibility index (Phi) is 5.58. The SMILES string of the molecule is Fc1cc(Cl)ccc1-c1cc(Nc2cccc(CN3CCCC3)c2)c2ccccc2n1. The van der Waals surface area contributed by atoms with Crippen LogP contribution in [0.4, 0.5) is 15.8 Å². The Morgan fingerprint density at radius 1 is 0.935 bits per heavy atom. The van der Waals surface area contributed by atoms with Gasteiger partial charge in [-0.2, -0.15) is 0 Å². The number of rotatable bonds is 5. The van der Waals surface area contributed by atoms with E-state index in [-0.39, 0.29) is 5.82 Å². The minimum Gasteiger partial charge on any atom is -0.355 e. The Hall–Kier alpha value is -2.95. The van der Waals surface area contributed by atoms with E-state index in [9.17, 15) is 4.39 Å². The first-order valence-electron chi connectivity index (χ1n) is 10.6. The van der Waals surface area contributed by atoms with Crippen molar-refractivity contribution in [1.29, 1.82) is 0 Å². The van der Waals surface area contributed by atoms with Crippen molar-refractivity contribution in [2.45, 2.75) is 19.4 Å². The van der Waals surface area contributed by atoms with Gasteiger partial charge in [0.15, 0.2) is 0 Å². The van der Waals surface area contributed by atoms with Crippen LogP contribution in [-0.2, 0) is 6.54 Å². The number of anilines is 2. The Balaban J connectivity index is 1.52. The standard InChI is InChI=1S/C26H23ClFN3/c27-19-10-11-21(23(28)15-19)25-16-26(22-8-1-2-9-24(22)30-25)29-20-7-5-6-18(14-20)17-31-12-3-4-13-31/h1-2,5-11,14-16H,3-4,12-13,17H2,(H,29,30). The lowest BCUT2D eigenvalue weighted by atomic mass is 10.1. The molecular formula is C26H23ClFN3. The first kappa shape index (κ1) is 20.0. The average molecular weight is 432 g/mol. The predicted molar refractivity (Wildman–Crippen MR) is 126 cm³/mol. The van der Waals surface area contributed by atoms with Crippen molar-refractivity contribution < 1.29 is 4.39 Å². The van der Waals surface area contributed by atoms with Crippen molar-refractivity contribution >= 4 is 33.9 Å². The van der Waals surface area contributed by atoms with Crippen LogP contribution in [0.5, 0.6) is 0 Å². The molecule has 0 unspecified atom stereocenters. The fourth-order valence-electron chi connectivity index (χ4n) is 4.22. The Morgan fingerprint density at radius 3 is 2.61 bits per heavy atom. The van der Waals surface area contributed by atoms with E-state index in [1.54, 1.807) is 12.1 Å². The third-order valence-corrected chi connectivity index (χ3v) is 5.97. The maximum Gasteiger partial charge on any atom is 0.134 e. The largest absolute Gasteiger partial charge is 0.355 e. The van der Waals surface area contributed by atoms with Gasteiger partial charge in [-0.1, -0.05) is 41.9 Å². The van der Waals surface area contributed by atoms with Crippen molar-refractivity contribution in [3.05, 3.63) is 89.2 Å². The van der Waals surface area contributed by atoms with Gasteiger partial charge in [0.2, 0.25) is 0 Å². The topological polar surface area (TPSA) is 28.2 Å². The van der Waals surface area contributed by atoms with Crippen LogP contribution in [0, 0.1) is 5.82 Å². The summed E-state index contributed by atoms with van der Waals surface area (Å²) >= 11 is 5.94. The smallest absolute Gasteiger partial charge is 0.134 e. The molecule has 5 heteroatoms. The number of nitrogens with zero attached hydrogens (tertiary/aromatic N) is 2. The van der Waals surface area contributed by atoms with Gasteiger partial charge in [0.1, 0.15) is 5.82 Å². The van der Waals surface area contributed by atoms with Crippen LogP contribution in [0.2, 0.25) is 5.02 Å². The summed E-state index contributed by atoms with van der Waals surface area (Å²) in [4.78, 5) is 7.18. The third-order valence-electron chi connectivity index (χ3n) is 5.73. The molecule has 3 aromatic carbocycles. The highest BCUT2D eigenvalue weighted by molar-refractivity contribution is 6.30. The van der Waals surface area contributed by atoms with Gasteiger partial charge in [0.25, 0.3) is 0 Å². The third kappa shape index (κ3) is 4.41. The van der Waals surface area contributed by atoms with Crippen molar-refractivity contribution in [3.8, 4) is 11.3 Å². The average Bonchev–Trinajstić information content (AvgIpc) is 3.27.